The highest BCUT2D eigenvalue weighted by Gasteiger charge is 2.37. The van der Waals surface area contributed by atoms with Crippen molar-refractivity contribution in [3.63, 3.8) is 0 Å². The minimum absolute atomic E-state index is 0.422. The molecule has 0 heterocycles. The first-order valence-corrected chi connectivity index (χ1v) is 8.62. The smallest absolute Gasteiger partial charge is 0.323 e. The summed E-state index contributed by atoms with van der Waals surface area (Å²) in [5.41, 5.74) is -0.763. The van der Waals surface area contributed by atoms with Gasteiger partial charge in [0.2, 0.25) is 0 Å². The Labute approximate surface area is 128 Å². The zero-order chi connectivity index (χ0) is 15.3. The van der Waals surface area contributed by atoms with Gasteiger partial charge in [0.1, 0.15) is 5.54 Å². The van der Waals surface area contributed by atoms with Crippen molar-refractivity contribution in [3.05, 3.63) is 0 Å². The summed E-state index contributed by atoms with van der Waals surface area (Å²) in [5.74, 6) is 0.0678. The SMILES string of the molecule is CC1CCCC(OCCCCC(C)(NC2CC2)C(=O)O)C1. The largest absolute Gasteiger partial charge is 0.480 e. The summed E-state index contributed by atoms with van der Waals surface area (Å²) in [5, 5.41) is 12.7. The lowest BCUT2D eigenvalue weighted by Gasteiger charge is -2.28. The summed E-state index contributed by atoms with van der Waals surface area (Å²) in [6.45, 7) is 4.89. The molecule has 0 spiro atoms. The summed E-state index contributed by atoms with van der Waals surface area (Å²) < 4.78 is 5.95. The Bertz CT molecular complexity index is 343. The predicted octanol–water partition coefficient (Wildman–Crippen LogP) is 3.35. The second-order valence-electron chi connectivity index (χ2n) is 7.28. The summed E-state index contributed by atoms with van der Waals surface area (Å²) in [6.07, 6.45) is 10.2. The van der Waals surface area contributed by atoms with Crippen molar-refractivity contribution in [3.8, 4) is 0 Å². The van der Waals surface area contributed by atoms with Crippen LogP contribution in [0.3, 0.4) is 0 Å². The number of rotatable bonds is 9. The molecule has 2 rings (SSSR count). The van der Waals surface area contributed by atoms with Crippen molar-refractivity contribution in [2.45, 2.75) is 89.3 Å². The van der Waals surface area contributed by atoms with E-state index in [1.54, 1.807) is 0 Å². The van der Waals surface area contributed by atoms with E-state index in [9.17, 15) is 9.90 Å². The van der Waals surface area contributed by atoms with Gasteiger partial charge in [-0.3, -0.25) is 10.1 Å². The molecule has 21 heavy (non-hydrogen) atoms. The third-order valence-electron chi connectivity index (χ3n) is 4.89. The molecule has 0 aromatic rings. The fourth-order valence-electron chi connectivity index (χ4n) is 3.28. The molecule has 4 heteroatoms. The molecule has 2 N–H and O–H groups in total. The molecule has 122 valence electrons. The van der Waals surface area contributed by atoms with Crippen LogP contribution in [0.4, 0.5) is 0 Å². The minimum atomic E-state index is -0.763. The molecule has 0 aliphatic heterocycles. The van der Waals surface area contributed by atoms with E-state index in [-0.39, 0.29) is 0 Å². The molecule has 3 unspecified atom stereocenters. The van der Waals surface area contributed by atoms with Crippen LogP contribution >= 0.6 is 0 Å². The monoisotopic (exact) mass is 297 g/mol. The molecule has 0 aromatic carbocycles. The van der Waals surface area contributed by atoms with Gasteiger partial charge in [0, 0.05) is 12.6 Å². The Kier molecular flexibility index (Phi) is 6.06. The topological polar surface area (TPSA) is 58.6 Å². The molecule has 0 bridgehead atoms. The summed E-state index contributed by atoms with van der Waals surface area (Å²) in [7, 11) is 0. The van der Waals surface area contributed by atoms with Gasteiger partial charge in [-0.1, -0.05) is 19.8 Å². The lowest BCUT2D eigenvalue weighted by atomic mass is 9.89. The van der Waals surface area contributed by atoms with Gasteiger partial charge >= 0.3 is 5.97 Å². The third kappa shape index (κ3) is 5.59. The number of ether oxygens (including phenoxy) is 1. The molecule has 2 fully saturated rings. The molecule has 0 aromatic heterocycles. The second kappa shape index (κ2) is 7.59. The van der Waals surface area contributed by atoms with Crippen molar-refractivity contribution in [2.24, 2.45) is 5.92 Å². The van der Waals surface area contributed by atoms with Gasteiger partial charge in [-0.25, -0.2) is 0 Å². The van der Waals surface area contributed by atoms with E-state index < -0.39 is 11.5 Å². The number of carboxylic acid groups (broad SMARTS) is 1. The first-order valence-electron chi connectivity index (χ1n) is 8.62. The summed E-state index contributed by atoms with van der Waals surface area (Å²) in [6, 6.07) is 0.422. The maximum Gasteiger partial charge on any atom is 0.323 e. The van der Waals surface area contributed by atoms with Crippen LogP contribution in [0.2, 0.25) is 0 Å². The van der Waals surface area contributed by atoms with E-state index in [1.807, 2.05) is 6.92 Å². The Morgan fingerprint density at radius 3 is 2.67 bits per heavy atom. The first-order chi connectivity index (χ1) is 9.99. The number of carbonyl (C=O) groups is 1. The fourth-order valence-corrected chi connectivity index (χ4v) is 3.28. The van der Waals surface area contributed by atoms with Crippen molar-refractivity contribution < 1.29 is 14.6 Å². The van der Waals surface area contributed by atoms with Crippen LogP contribution in [0.15, 0.2) is 0 Å². The molecule has 0 amide bonds. The average Bonchev–Trinajstić information content (AvgIpc) is 3.22. The van der Waals surface area contributed by atoms with E-state index in [0.29, 0.717) is 18.6 Å². The molecular weight excluding hydrogens is 266 g/mol. The normalized spacial score (nSPS) is 29.0. The molecule has 0 radical (unpaired) electrons. The summed E-state index contributed by atoms with van der Waals surface area (Å²) >= 11 is 0. The highest BCUT2D eigenvalue weighted by atomic mass is 16.5. The number of aliphatic carboxylic acids is 1. The number of hydrogen-bond acceptors (Lipinski definition) is 3. The molecule has 2 aliphatic rings. The lowest BCUT2D eigenvalue weighted by Crippen LogP contribution is -2.50. The highest BCUT2D eigenvalue weighted by molar-refractivity contribution is 5.78. The molecule has 2 saturated carbocycles. The van der Waals surface area contributed by atoms with Gasteiger partial charge in [0.15, 0.2) is 0 Å². The quantitative estimate of drug-likeness (QED) is 0.641. The van der Waals surface area contributed by atoms with Gasteiger partial charge in [0.25, 0.3) is 0 Å². The van der Waals surface area contributed by atoms with Crippen LogP contribution < -0.4 is 5.32 Å². The van der Waals surface area contributed by atoms with E-state index in [1.165, 1.54) is 25.7 Å². The average molecular weight is 297 g/mol. The van der Waals surface area contributed by atoms with Crippen LogP contribution in [0.1, 0.15) is 71.6 Å². The van der Waals surface area contributed by atoms with Crippen LogP contribution in [-0.2, 0) is 9.53 Å². The molecular formula is C17H31NO3. The Balaban J connectivity index is 1.60. The van der Waals surface area contributed by atoms with Gasteiger partial charge in [0.05, 0.1) is 6.10 Å². The summed E-state index contributed by atoms with van der Waals surface area (Å²) in [4.78, 5) is 11.4. The van der Waals surface area contributed by atoms with Crippen LogP contribution in [0.5, 0.6) is 0 Å². The number of carboxylic acids is 1. The van der Waals surface area contributed by atoms with Gasteiger partial charge in [-0.15, -0.1) is 0 Å². The number of nitrogens with one attached hydrogen (secondary N) is 1. The standard InChI is InChI=1S/C17H31NO3/c1-13-6-5-7-15(12-13)21-11-4-3-10-17(2,16(19)20)18-14-8-9-14/h13-15,18H,3-12H2,1-2H3,(H,19,20). The Morgan fingerprint density at radius 1 is 1.29 bits per heavy atom. The lowest BCUT2D eigenvalue weighted by molar-refractivity contribution is -0.144. The number of hydrogen-bond donors (Lipinski definition) is 2. The fraction of sp³-hybridized carbons (Fsp3) is 0.941. The van der Waals surface area contributed by atoms with Crippen molar-refractivity contribution >= 4 is 5.97 Å². The molecule has 3 atom stereocenters. The van der Waals surface area contributed by atoms with Crippen LogP contribution in [0, 0.1) is 5.92 Å². The van der Waals surface area contributed by atoms with Gasteiger partial charge < -0.3 is 9.84 Å². The Morgan fingerprint density at radius 2 is 2.05 bits per heavy atom. The second-order valence-corrected chi connectivity index (χ2v) is 7.28. The zero-order valence-corrected chi connectivity index (χ0v) is 13.6. The zero-order valence-electron chi connectivity index (χ0n) is 13.6. The third-order valence-corrected chi connectivity index (χ3v) is 4.89. The predicted molar refractivity (Wildman–Crippen MR) is 83.4 cm³/mol. The van der Waals surface area contributed by atoms with E-state index in [4.69, 9.17) is 4.74 Å². The Hall–Kier alpha value is -0.610. The number of unbranched alkanes of at least 4 members (excludes halogenated alkanes) is 1. The van der Waals surface area contributed by atoms with Gasteiger partial charge in [-0.2, -0.15) is 0 Å². The molecule has 0 saturated heterocycles. The molecule has 4 nitrogen and oxygen atoms in total. The van der Waals surface area contributed by atoms with Crippen molar-refractivity contribution in [1.29, 1.82) is 0 Å². The maximum atomic E-state index is 11.4. The van der Waals surface area contributed by atoms with E-state index >= 15 is 0 Å². The first kappa shape index (κ1) is 16.8. The molecule has 2 aliphatic carbocycles. The minimum Gasteiger partial charge on any atom is -0.480 e. The van der Waals surface area contributed by atoms with Crippen molar-refractivity contribution in [1.82, 2.24) is 5.32 Å². The van der Waals surface area contributed by atoms with Crippen LogP contribution in [0.25, 0.3) is 0 Å². The van der Waals surface area contributed by atoms with E-state index in [0.717, 1.165) is 38.2 Å². The van der Waals surface area contributed by atoms with E-state index in [2.05, 4.69) is 12.2 Å². The van der Waals surface area contributed by atoms with Crippen molar-refractivity contribution in [2.75, 3.05) is 6.61 Å². The van der Waals surface area contributed by atoms with Gasteiger partial charge in [-0.05, 0) is 57.8 Å². The van der Waals surface area contributed by atoms with Crippen LogP contribution in [-0.4, -0.2) is 35.4 Å². The highest BCUT2D eigenvalue weighted by Crippen LogP contribution is 2.27. The maximum absolute atomic E-state index is 11.4.